The molecule has 0 saturated heterocycles. The first-order valence-corrected chi connectivity index (χ1v) is 3.68. The van der Waals surface area contributed by atoms with Crippen molar-refractivity contribution in [2.45, 2.75) is 6.92 Å². The topological polar surface area (TPSA) is 26.3 Å². The molecule has 1 aromatic carbocycles. The predicted octanol–water partition coefficient (Wildman–Crippen LogP) is -0.663. The van der Waals surface area contributed by atoms with Crippen molar-refractivity contribution in [3.05, 3.63) is 42.2 Å². The Kier molecular flexibility index (Phi) is 6.04. The van der Waals surface area contributed by atoms with Crippen molar-refractivity contribution in [3.8, 4) is 0 Å². The van der Waals surface area contributed by atoms with Crippen molar-refractivity contribution in [1.82, 2.24) is 0 Å². The summed E-state index contributed by atoms with van der Waals surface area (Å²) < 4.78 is 4.63. The summed E-state index contributed by atoms with van der Waals surface area (Å²) in [5.41, 5.74) is 1.01. The SMILES string of the molecule is CC(=O)OC=Cc1ccccc1.[H-].[Li+]. The van der Waals surface area contributed by atoms with Crippen molar-refractivity contribution in [3.63, 3.8) is 0 Å². The van der Waals surface area contributed by atoms with E-state index >= 15 is 0 Å². The van der Waals surface area contributed by atoms with E-state index in [-0.39, 0.29) is 26.3 Å². The fourth-order valence-corrected chi connectivity index (χ4v) is 0.773. The van der Waals surface area contributed by atoms with E-state index in [0.29, 0.717) is 0 Å². The third-order valence-corrected chi connectivity index (χ3v) is 1.29. The normalized spacial score (nSPS) is 9.31. The van der Waals surface area contributed by atoms with Gasteiger partial charge in [-0.05, 0) is 11.6 Å². The molecule has 3 heteroatoms. The van der Waals surface area contributed by atoms with E-state index in [2.05, 4.69) is 4.74 Å². The molecule has 1 aromatic rings. The Labute approximate surface area is 91.3 Å². The maximum Gasteiger partial charge on any atom is 1.00 e. The van der Waals surface area contributed by atoms with Crippen LogP contribution in [0.4, 0.5) is 0 Å². The minimum absolute atomic E-state index is 0. The van der Waals surface area contributed by atoms with Crippen molar-refractivity contribution in [1.29, 1.82) is 0 Å². The number of carbonyl (C=O) groups excluding carboxylic acids is 1. The van der Waals surface area contributed by atoms with Crippen LogP contribution in [0, 0.1) is 0 Å². The average Bonchev–Trinajstić information content (AvgIpc) is 2.05. The molecule has 13 heavy (non-hydrogen) atoms. The molecular weight excluding hydrogens is 159 g/mol. The van der Waals surface area contributed by atoms with E-state index in [1.165, 1.54) is 13.2 Å². The summed E-state index contributed by atoms with van der Waals surface area (Å²) in [6.45, 7) is 1.37. The molecule has 0 unspecified atom stereocenters. The standard InChI is InChI=1S/C10H10O2.Li.H/c1-9(11)12-8-7-10-5-3-2-4-6-10;;/h2-8H,1H3;;/q;+1;-1. The fourth-order valence-electron chi connectivity index (χ4n) is 0.773. The maximum atomic E-state index is 10.4. The molecule has 0 heterocycles. The Balaban J connectivity index is 0. The van der Waals surface area contributed by atoms with Gasteiger partial charge in [-0.2, -0.15) is 0 Å². The van der Waals surface area contributed by atoms with Gasteiger partial charge < -0.3 is 6.16 Å². The summed E-state index contributed by atoms with van der Waals surface area (Å²) in [5.74, 6) is -0.304. The second-order valence-electron chi connectivity index (χ2n) is 2.32. The molecular formula is C10H11LiO2. The van der Waals surface area contributed by atoms with Crippen LogP contribution in [0.15, 0.2) is 36.6 Å². The van der Waals surface area contributed by atoms with Gasteiger partial charge in [-0.1, -0.05) is 30.3 Å². The van der Waals surface area contributed by atoms with Crippen LogP contribution in [0.1, 0.15) is 13.9 Å². The zero-order chi connectivity index (χ0) is 8.81. The van der Waals surface area contributed by atoms with Gasteiger partial charge >= 0.3 is 24.8 Å². The Hall–Kier alpha value is -0.973. The van der Waals surface area contributed by atoms with Crippen LogP contribution < -0.4 is 18.9 Å². The van der Waals surface area contributed by atoms with Crippen molar-refractivity contribution in [2.24, 2.45) is 0 Å². The molecule has 0 aliphatic carbocycles. The molecule has 1 rings (SSSR count). The molecule has 64 valence electrons. The molecule has 0 aliphatic rings. The summed E-state index contributed by atoms with van der Waals surface area (Å²) in [5, 5.41) is 0. The van der Waals surface area contributed by atoms with Gasteiger partial charge in [0.2, 0.25) is 0 Å². The van der Waals surface area contributed by atoms with Crippen LogP contribution in [0.5, 0.6) is 0 Å². The van der Waals surface area contributed by atoms with Gasteiger partial charge in [-0.15, -0.1) is 0 Å². The Morgan fingerprint density at radius 3 is 2.54 bits per heavy atom. The molecule has 0 spiro atoms. The van der Waals surface area contributed by atoms with Crippen LogP contribution in [0.3, 0.4) is 0 Å². The zero-order valence-corrected chi connectivity index (χ0v) is 7.86. The molecule has 0 bridgehead atoms. The van der Waals surface area contributed by atoms with Crippen LogP contribution in [-0.2, 0) is 9.53 Å². The van der Waals surface area contributed by atoms with Gasteiger partial charge in [-0.25, -0.2) is 0 Å². The molecule has 0 N–H and O–H groups in total. The van der Waals surface area contributed by atoms with Crippen molar-refractivity contribution >= 4 is 12.0 Å². The summed E-state index contributed by atoms with van der Waals surface area (Å²) >= 11 is 0. The maximum absolute atomic E-state index is 10.4. The Morgan fingerprint density at radius 2 is 2.00 bits per heavy atom. The minimum Gasteiger partial charge on any atom is -1.00 e. The molecule has 0 fully saturated rings. The number of hydrogen-bond acceptors (Lipinski definition) is 2. The second kappa shape index (κ2) is 6.53. The van der Waals surface area contributed by atoms with Gasteiger partial charge in [0.1, 0.15) is 0 Å². The monoisotopic (exact) mass is 170 g/mol. The molecule has 2 nitrogen and oxygen atoms in total. The van der Waals surface area contributed by atoms with E-state index < -0.39 is 0 Å². The molecule has 0 amide bonds. The van der Waals surface area contributed by atoms with Gasteiger partial charge in [0, 0.05) is 6.92 Å². The smallest absolute Gasteiger partial charge is 1.00 e. The predicted molar refractivity (Wildman–Crippen MR) is 48.4 cm³/mol. The quantitative estimate of drug-likeness (QED) is 0.334. The Bertz CT molecular complexity index is 285. The summed E-state index contributed by atoms with van der Waals surface area (Å²) in [4.78, 5) is 10.4. The van der Waals surface area contributed by atoms with E-state index in [4.69, 9.17) is 0 Å². The van der Waals surface area contributed by atoms with Crippen LogP contribution in [0.25, 0.3) is 6.08 Å². The fraction of sp³-hybridized carbons (Fsp3) is 0.100. The van der Waals surface area contributed by atoms with Crippen LogP contribution >= 0.6 is 0 Å². The summed E-state index contributed by atoms with van der Waals surface area (Å²) in [7, 11) is 0. The van der Waals surface area contributed by atoms with Gasteiger partial charge in [0.05, 0.1) is 6.26 Å². The third-order valence-electron chi connectivity index (χ3n) is 1.29. The van der Waals surface area contributed by atoms with Gasteiger partial charge in [0.25, 0.3) is 0 Å². The largest absolute Gasteiger partial charge is 1.00 e. The van der Waals surface area contributed by atoms with Crippen molar-refractivity contribution < 1.29 is 29.8 Å². The third kappa shape index (κ3) is 5.30. The summed E-state index contributed by atoms with van der Waals surface area (Å²) in [6.07, 6.45) is 3.12. The van der Waals surface area contributed by atoms with Crippen LogP contribution in [0.2, 0.25) is 0 Å². The second-order valence-corrected chi connectivity index (χ2v) is 2.32. The zero-order valence-electron chi connectivity index (χ0n) is 8.86. The van der Waals surface area contributed by atoms with E-state index in [1.807, 2.05) is 30.3 Å². The Morgan fingerprint density at radius 1 is 1.38 bits per heavy atom. The first-order chi connectivity index (χ1) is 5.79. The summed E-state index contributed by atoms with van der Waals surface area (Å²) in [6, 6.07) is 9.64. The van der Waals surface area contributed by atoms with Crippen LogP contribution in [-0.4, -0.2) is 5.97 Å². The van der Waals surface area contributed by atoms with Gasteiger partial charge in [0.15, 0.2) is 0 Å². The molecule has 0 aromatic heterocycles. The molecule has 0 atom stereocenters. The van der Waals surface area contributed by atoms with E-state index in [0.717, 1.165) is 5.56 Å². The van der Waals surface area contributed by atoms with E-state index in [9.17, 15) is 4.79 Å². The number of esters is 1. The number of carbonyl (C=O) groups is 1. The first kappa shape index (κ1) is 12.0. The van der Waals surface area contributed by atoms with Crippen molar-refractivity contribution in [2.75, 3.05) is 0 Å². The molecule has 0 aliphatic heterocycles. The van der Waals surface area contributed by atoms with Gasteiger partial charge in [-0.3, -0.25) is 4.79 Å². The first-order valence-electron chi connectivity index (χ1n) is 3.68. The van der Waals surface area contributed by atoms with E-state index in [1.54, 1.807) is 6.08 Å². The number of rotatable bonds is 2. The minimum atomic E-state index is -0.304. The molecule has 0 saturated carbocycles. The number of benzene rings is 1. The average molecular weight is 170 g/mol. The number of hydrogen-bond donors (Lipinski definition) is 0. The number of ether oxygens (including phenoxy) is 1. The molecule has 0 radical (unpaired) electrons.